The van der Waals surface area contributed by atoms with Gasteiger partial charge < -0.3 is 9.72 Å². The average Bonchev–Trinajstić information content (AvgIpc) is 3.37. The Labute approximate surface area is 179 Å². The molecule has 6 rings (SSSR count). The fourth-order valence-corrected chi connectivity index (χ4v) is 4.15. The summed E-state index contributed by atoms with van der Waals surface area (Å²) in [4.78, 5) is 32.5. The van der Waals surface area contributed by atoms with Gasteiger partial charge in [-0.05, 0) is 30.3 Å². The molecule has 1 aliphatic heterocycles. The minimum atomic E-state index is -0.438. The Hall–Kier alpha value is -4.52. The highest BCUT2D eigenvalue weighted by molar-refractivity contribution is 5.81. The van der Waals surface area contributed by atoms with Crippen LogP contribution in [0.3, 0.4) is 0 Å². The van der Waals surface area contributed by atoms with Gasteiger partial charge >= 0.3 is 5.69 Å². The lowest BCUT2D eigenvalue weighted by Crippen LogP contribution is -2.28. The predicted molar refractivity (Wildman–Crippen MR) is 114 cm³/mol. The highest BCUT2D eigenvalue weighted by Gasteiger charge is 2.27. The summed E-state index contributed by atoms with van der Waals surface area (Å²) in [6.07, 6.45) is 3.60. The van der Waals surface area contributed by atoms with E-state index in [2.05, 4.69) is 24.8 Å². The number of hydrogen-bond acceptors (Lipinski definition) is 5. The minimum absolute atomic E-state index is 0.307. The zero-order chi connectivity index (χ0) is 21.8. The van der Waals surface area contributed by atoms with Crippen molar-refractivity contribution in [3.63, 3.8) is 0 Å². The number of hydrogen-bond donors (Lipinski definition) is 1. The van der Waals surface area contributed by atoms with E-state index in [1.165, 1.54) is 22.9 Å². The molecule has 1 aliphatic rings. The first kappa shape index (κ1) is 18.3. The molecule has 0 spiro atoms. The molecule has 4 heterocycles. The van der Waals surface area contributed by atoms with E-state index in [9.17, 15) is 9.18 Å². The lowest BCUT2D eigenvalue weighted by Gasteiger charge is -2.26. The Kier molecular flexibility index (Phi) is 3.85. The number of H-pyrrole nitrogens is 1. The lowest BCUT2D eigenvalue weighted by molar-refractivity contribution is 0.255. The summed E-state index contributed by atoms with van der Waals surface area (Å²) in [5.74, 6) is 0.454. The summed E-state index contributed by atoms with van der Waals surface area (Å²) in [7, 11) is 0. The number of nitrogens with zero attached hydrogens (tertiary/aromatic N) is 6. The normalized spacial score (nSPS) is 15.4. The van der Waals surface area contributed by atoms with Crippen molar-refractivity contribution in [3.05, 3.63) is 82.2 Å². The molecule has 0 bridgehead atoms. The van der Waals surface area contributed by atoms with Crippen LogP contribution < -0.4 is 10.4 Å². The van der Waals surface area contributed by atoms with Crippen LogP contribution in [0.4, 0.5) is 10.1 Å². The summed E-state index contributed by atoms with van der Waals surface area (Å²) >= 11 is 0. The van der Waals surface area contributed by atoms with Gasteiger partial charge in [0.15, 0.2) is 11.3 Å². The molecule has 0 aliphatic carbocycles. The van der Waals surface area contributed by atoms with Gasteiger partial charge in [-0.25, -0.2) is 24.0 Å². The van der Waals surface area contributed by atoms with Crippen LogP contribution in [-0.4, -0.2) is 35.7 Å². The summed E-state index contributed by atoms with van der Waals surface area (Å²) in [6, 6.07) is 9.03. The summed E-state index contributed by atoms with van der Waals surface area (Å²) in [5.41, 5.74) is 2.94. The molecule has 10 heteroatoms. The molecule has 1 unspecified atom stereocenters. The largest absolute Gasteiger partial charge is 0.493 e. The number of imidazole rings is 2. The van der Waals surface area contributed by atoms with Gasteiger partial charge in [0.05, 0.1) is 36.5 Å². The molecule has 0 amide bonds. The smallest absolute Gasteiger partial charge is 0.328 e. The SMILES string of the molecule is [C-]#[N+]c1ccc2ncn(-c3ncc4[nH]c(=O)n(C5CCOc6ccc(F)cc65)c4n3)c2c1. The summed E-state index contributed by atoms with van der Waals surface area (Å²) in [6.45, 7) is 7.65. The molecule has 0 saturated carbocycles. The quantitative estimate of drug-likeness (QED) is 0.435. The van der Waals surface area contributed by atoms with E-state index >= 15 is 0 Å². The van der Waals surface area contributed by atoms with Gasteiger partial charge in [0, 0.05) is 12.0 Å². The van der Waals surface area contributed by atoms with Gasteiger partial charge in [-0.3, -0.25) is 9.13 Å². The van der Waals surface area contributed by atoms with Crippen LogP contribution in [0.5, 0.6) is 5.75 Å². The number of ether oxygens (including phenoxy) is 1. The Balaban J connectivity index is 1.55. The number of aromatic amines is 1. The highest BCUT2D eigenvalue weighted by Crippen LogP contribution is 2.35. The van der Waals surface area contributed by atoms with Gasteiger partial charge in [0.25, 0.3) is 0 Å². The maximum Gasteiger partial charge on any atom is 0.328 e. The fraction of sp³-hybridized carbons (Fsp3) is 0.136. The van der Waals surface area contributed by atoms with Crippen LogP contribution in [0.25, 0.3) is 33.0 Å². The van der Waals surface area contributed by atoms with Crippen molar-refractivity contribution >= 4 is 27.9 Å². The molecule has 0 fully saturated rings. The van der Waals surface area contributed by atoms with Crippen LogP contribution in [0.1, 0.15) is 18.0 Å². The molecule has 1 N–H and O–H groups in total. The second-order valence-corrected chi connectivity index (χ2v) is 7.44. The molecule has 0 saturated heterocycles. The van der Waals surface area contributed by atoms with Gasteiger partial charge in [0.1, 0.15) is 23.4 Å². The van der Waals surface area contributed by atoms with E-state index in [-0.39, 0.29) is 5.69 Å². The topological polar surface area (TPSA) is 95.0 Å². The van der Waals surface area contributed by atoms with E-state index in [0.29, 0.717) is 58.2 Å². The van der Waals surface area contributed by atoms with Crippen molar-refractivity contribution in [2.24, 2.45) is 0 Å². The molecule has 5 aromatic rings. The van der Waals surface area contributed by atoms with Crippen molar-refractivity contribution in [1.29, 1.82) is 0 Å². The molecule has 0 radical (unpaired) electrons. The highest BCUT2D eigenvalue weighted by atomic mass is 19.1. The minimum Gasteiger partial charge on any atom is -0.493 e. The molecule has 32 heavy (non-hydrogen) atoms. The Morgan fingerprint density at radius 3 is 3.00 bits per heavy atom. The second kappa shape index (κ2) is 6.75. The number of halogens is 1. The van der Waals surface area contributed by atoms with E-state index in [1.807, 2.05) is 0 Å². The zero-order valence-corrected chi connectivity index (χ0v) is 16.5. The number of nitrogens with one attached hydrogen (secondary N) is 1. The second-order valence-electron chi connectivity index (χ2n) is 7.44. The number of rotatable bonds is 2. The number of benzene rings is 2. The van der Waals surface area contributed by atoms with Crippen LogP contribution in [0, 0.1) is 12.4 Å². The standard InChI is InChI=1S/C22H14FN7O2/c1-24-13-3-4-15-18(9-13)29(11-26-15)21-25-10-16-20(28-21)30(22(31)27-16)17-6-7-32-19-5-2-12(23)8-14(17)19/h2-5,8-11,17H,6-7H2,(H,27,31). The van der Waals surface area contributed by atoms with Crippen molar-refractivity contribution in [2.45, 2.75) is 12.5 Å². The van der Waals surface area contributed by atoms with Crippen molar-refractivity contribution in [3.8, 4) is 11.7 Å². The van der Waals surface area contributed by atoms with Crippen LogP contribution in [0.15, 0.2) is 53.7 Å². The van der Waals surface area contributed by atoms with E-state index in [0.717, 1.165) is 0 Å². The lowest BCUT2D eigenvalue weighted by atomic mass is 10.00. The van der Waals surface area contributed by atoms with Crippen LogP contribution >= 0.6 is 0 Å². The predicted octanol–water partition coefficient (Wildman–Crippen LogP) is 3.52. The van der Waals surface area contributed by atoms with Crippen LogP contribution in [0.2, 0.25) is 0 Å². The Morgan fingerprint density at radius 2 is 2.12 bits per heavy atom. The van der Waals surface area contributed by atoms with Gasteiger partial charge in [-0.15, -0.1) is 0 Å². The van der Waals surface area contributed by atoms with E-state index in [1.54, 1.807) is 35.2 Å². The monoisotopic (exact) mass is 427 g/mol. The Morgan fingerprint density at radius 1 is 1.22 bits per heavy atom. The summed E-state index contributed by atoms with van der Waals surface area (Å²) < 4.78 is 22.8. The van der Waals surface area contributed by atoms with Gasteiger partial charge in [0.2, 0.25) is 5.95 Å². The van der Waals surface area contributed by atoms with E-state index in [4.69, 9.17) is 11.3 Å². The van der Waals surface area contributed by atoms with Crippen molar-refractivity contribution in [1.82, 2.24) is 29.1 Å². The van der Waals surface area contributed by atoms with Crippen molar-refractivity contribution in [2.75, 3.05) is 6.61 Å². The summed E-state index contributed by atoms with van der Waals surface area (Å²) in [5, 5.41) is 0. The molecule has 1 atom stereocenters. The van der Waals surface area contributed by atoms with Gasteiger partial charge in [-0.2, -0.15) is 4.98 Å². The maximum absolute atomic E-state index is 14.0. The maximum atomic E-state index is 14.0. The molecular weight excluding hydrogens is 413 g/mol. The molecule has 3 aromatic heterocycles. The fourth-order valence-electron chi connectivity index (χ4n) is 4.15. The van der Waals surface area contributed by atoms with E-state index < -0.39 is 11.9 Å². The molecule has 9 nitrogen and oxygen atoms in total. The molecule has 156 valence electrons. The first-order valence-electron chi connectivity index (χ1n) is 9.87. The molecule has 2 aromatic carbocycles. The third-order valence-corrected chi connectivity index (χ3v) is 5.61. The number of fused-ring (bicyclic) bond motifs is 3. The average molecular weight is 427 g/mol. The third-order valence-electron chi connectivity index (χ3n) is 5.61. The third kappa shape index (κ3) is 2.68. The molecular formula is C22H14FN7O2. The van der Waals surface area contributed by atoms with Crippen LogP contribution in [-0.2, 0) is 0 Å². The Bertz CT molecular complexity index is 1630. The first-order chi connectivity index (χ1) is 15.6. The zero-order valence-electron chi connectivity index (χ0n) is 16.5. The first-order valence-corrected chi connectivity index (χ1v) is 9.87. The van der Waals surface area contributed by atoms with Crippen molar-refractivity contribution < 1.29 is 9.13 Å². The van der Waals surface area contributed by atoms with Gasteiger partial charge in [-0.1, -0.05) is 6.07 Å². The number of aromatic nitrogens is 6.